The van der Waals surface area contributed by atoms with Crippen LogP contribution in [0, 0.1) is 0 Å². The maximum Gasteiger partial charge on any atom is 0.362 e. The minimum atomic E-state index is -3.80. The van der Waals surface area contributed by atoms with E-state index >= 15 is 0 Å². The van der Waals surface area contributed by atoms with Crippen molar-refractivity contribution in [1.29, 1.82) is 0 Å². The molecule has 0 fully saturated rings. The molecule has 0 spiro atoms. The van der Waals surface area contributed by atoms with Crippen molar-refractivity contribution in [2.75, 3.05) is 20.3 Å². The number of hydrogen-bond acceptors (Lipinski definition) is 5. The van der Waals surface area contributed by atoms with Crippen LogP contribution in [0.15, 0.2) is 0 Å². The van der Waals surface area contributed by atoms with Crippen molar-refractivity contribution in [1.82, 2.24) is 10.6 Å². The van der Waals surface area contributed by atoms with Crippen molar-refractivity contribution < 1.29 is 23.2 Å². The topological polar surface area (TPSA) is 120 Å². The lowest BCUT2D eigenvalue weighted by Gasteiger charge is -2.24. The molecule has 0 aliphatic rings. The second kappa shape index (κ2) is 7.26. The summed E-state index contributed by atoms with van der Waals surface area (Å²) in [7, 11) is -2.45. The van der Waals surface area contributed by atoms with Gasteiger partial charge in [-0.15, -0.1) is 0 Å². The third-order valence-corrected chi connectivity index (χ3v) is 3.95. The highest BCUT2D eigenvalue weighted by Gasteiger charge is 2.41. The van der Waals surface area contributed by atoms with Gasteiger partial charge in [-0.2, -0.15) is 0 Å². The Balaban J connectivity index is 5.03. The number of urea groups is 1. The van der Waals surface area contributed by atoms with Gasteiger partial charge >= 0.3 is 13.6 Å². The molecule has 4 N–H and O–H groups in total. The maximum atomic E-state index is 12.2. The van der Waals surface area contributed by atoms with Crippen molar-refractivity contribution in [2.45, 2.75) is 19.6 Å². The lowest BCUT2D eigenvalue weighted by molar-refractivity contribution is -0.118. The molecule has 0 saturated carbocycles. The van der Waals surface area contributed by atoms with Crippen LogP contribution in [0.1, 0.15) is 13.8 Å². The Kier molecular flexibility index (Phi) is 6.79. The van der Waals surface area contributed by atoms with Gasteiger partial charge in [0.05, 0.1) is 13.2 Å². The molecule has 0 aliphatic heterocycles. The van der Waals surface area contributed by atoms with Crippen molar-refractivity contribution in [3.05, 3.63) is 0 Å². The minimum Gasteiger partial charge on any atom is -0.367 e. The van der Waals surface area contributed by atoms with Crippen molar-refractivity contribution in [3.8, 4) is 0 Å². The van der Waals surface area contributed by atoms with Crippen LogP contribution in [0.3, 0.4) is 0 Å². The van der Waals surface area contributed by atoms with Crippen molar-refractivity contribution >= 4 is 19.5 Å². The molecule has 100 valence electrons. The fourth-order valence-electron chi connectivity index (χ4n) is 1.05. The maximum absolute atomic E-state index is 12.2. The zero-order chi connectivity index (χ0) is 13.5. The largest absolute Gasteiger partial charge is 0.367 e. The lowest BCUT2D eigenvalue weighted by Crippen LogP contribution is -2.48. The number of rotatable bonds is 7. The Morgan fingerprint density at radius 3 is 2.06 bits per heavy atom. The Labute approximate surface area is 99.7 Å². The number of hydrogen-bond donors (Lipinski definition) is 3. The van der Waals surface area contributed by atoms with Gasteiger partial charge in [0.15, 0.2) is 0 Å². The first-order chi connectivity index (χ1) is 7.91. The molecule has 0 unspecified atom stereocenters. The number of carbonyl (C=O) groups is 2. The molecule has 9 heteroatoms. The summed E-state index contributed by atoms with van der Waals surface area (Å²) in [4.78, 5) is 22.3. The van der Waals surface area contributed by atoms with E-state index in [0.29, 0.717) is 0 Å². The third-order valence-electron chi connectivity index (χ3n) is 1.70. The van der Waals surface area contributed by atoms with Gasteiger partial charge < -0.3 is 25.4 Å². The molecule has 0 aromatic rings. The number of carbonyl (C=O) groups excluding carboxylic acids is 2. The molecule has 0 saturated heterocycles. The normalized spacial score (nSPS) is 12.9. The molecule has 3 amide bonds. The van der Waals surface area contributed by atoms with Gasteiger partial charge in [0, 0.05) is 7.05 Å². The number of primary amides is 1. The number of nitrogens with two attached hydrogens (primary N) is 1. The Morgan fingerprint density at radius 2 is 1.76 bits per heavy atom. The summed E-state index contributed by atoms with van der Waals surface area (Å²) >= 11 is 0. The predicted molar refractivity (Wildman–Crippen MR) is 61.4 cm³/mol. The first-order valence-corrected chi connectivity index (χ1v) is 6.68. The number of nitrogens with one attached hydrogen (secondary N) is 2. The fraction of sp³-hybridized carbons (Fsp3) is 0.750. The average Bonchev–Trinajstić information content (AvgIpc) is 2.25. The summed E-state index contributed by atoms with van der Waals surface area (Å²) in [5.74, 6) is -2.50. The molecule has 0 aromatic heterocycles. The molecule has 0 rings (SSSR count). The SMILES string of the molecule is CCOP(=O)(OCC)[C@H](NC(=O)NC)C(N)=O. The second-order valence-electron chi connectivity index (χ2n) is 2.90. The van der Waals surface area contributed by atoms with Gasteiger partial charge in [-0.1, -0.05) is 0 Å². The van der Waals surface area contributed by atoms with Gasteiger partial charge in [-0.3, -0.25) is 9.36 Å². The van der Waals surface area contributed by atoms with E-state index in [-0.39, 0.29) is 13.2 Å². The molecule has 0 bridgehead atoms. The molecule has 0 radical (unpaired) electrons. The van der Waals surface area contributed by atoms with Gasteiger partial charge in [-0.25, -0.2) is 4.79 Å². The van der Waals surface area contributed by atoms with Crippen LogP contribution in [0.25, 0.3) is 0 Å². The first-order valence-electron chi connectivity index (χ1n) is 5.07. The van der Waals surface area contributed by atoms with E-state index in [2.05, 4.69) is 10.6 Å². The summed E-state index contributed by atoms with van der Waals surface area (Å²) in [5.41, 5.74) is 5.07. The molecular formula is C8H18N3O5P. The highest BCUT2D eigenvalue weighted by molar-refractivity contribution is 7.55. The zero-order valence-corrected chi connectivity index (χ0v) is 11.0. The smallest absolute Gasteiger partial charge is 0.362 e. The molecule has 0 heterocycles. The van der Waals surface area contributed by atoms with Crippen molar-refractivity contribution in [3.63, 3.8) is 0 Å². The van der Waals surface area contributed by atoms with Crippen LogP contribution >= 0.6 is 7.60 Å². The van der Waals surface area contributed by atoms with E-state index in [0.717, 1.165) is 0 Å². The highest BCUT2D eigenvalue weighted by atomic mass is 31.2. The number of amides is 3. The van der Waals surface area contributed by atoms with Crippen LogP contribution < -0.4 is 16.4 Å². The molecule has 0 aliphatic carbocycles. The van der Waals surface area contributed by atoms with Crippen LogP contribution in [-0.4, -0.2) is 38.0 Å². The lowest BCUT2D eigenvalue weighted by atomic mass is 10.6. The second-order valence-corrected chi connectivity index (χ2v) is 5.02. The summed E-state index contributed by atoms with van der Waals surface area (Å²) < 4.78 is 22.1. The van der Waals surface area contributed by atoms with E-state index in [4.69, 9.17) is 14.8 Å². The zero-order valence-electron chi connectivity index (χ0n) is 10.1. The van der Waals surface area contributed by atoms with Crippen LogP contribution in [0.2, 0.25) is 0 Å². The third kappa shape index (κ3) is 4.72. The van der Waals surface area contributed by atoms with Crippen LogP contribution in [0.4, 0.5) is 4.79 Å². The first kappa shape index (κ1) is 15.9. The van der Waals surface area contributed by atoms with Crippen molar-refractivity contribution in [2.24, 2.45) is 5.73 Å². The summed E-state index contributed by atoms with van der Waals surface area (Å²) in [6.45, 7) is 3.31. The van der Waals surface area contributed by atoms with E-state index < -0.39 is 25.3 Å². The average molecular weight is 267 g/mol. The molecule has 17 heavy (non-hydrogen) atoms. The quantitative estimate of drug-likeness (QED) is 0.560. The van der Waals surface area contributed by atoms with E-state index in [1.807, 2.05) is 0 Å². The summed E-state index contributed by atoms with van der Waals surface area (Å²) in [6, 6.07) is -0.701. The minimum absolute atomic E-state index is 0.0660. The van der Waals surface area contributed by atoms with Gasteiger partial charge in [0.2, 0.25) is 5.78 Å². The molecule has 8 nitrogen and oxygen atoms in total. The molecule has 1 atom stereocenters. The van der Waals surface area contributed by atoms with E-state index in [1.165, 1.54) is 7.05 Å². The Morgan fingerprint density at radius 1 is 1.29 bits per heavy atom. The Hall–Kier alpha value is -1.11. The predicted octanol–water partition coefficient (Wildman–Crippen LogP) is -0.00710. The van der Waals surface area contributed by atoms with Crippen LogP contribution in [-0.2, 0) is 18.4 Å². The van der Waals surface area contributed by atoms with Gasteiger partial charge in [0.1, 0.15) is 0 Å². The van der Waals surface area contributed by atoms with Gasteiger partial charge in [0.25, 0.3) is 5.91 Å². The van der Waals surface area contributed by atoms with E-state index in [9.17, 15) is 14.2 Å². The van der Waals surface area contributed by atoms with E-state index in [1.54, 1.807) is 13.8 Å². The fourth-order valence-corrected chi connectivity index (χ4v) is 2.73. The molecular weight excluding hydrogens is 249 g/mol. The molecule has 0 aromatic carbocycles. The van der Waals surface area contributed by atoms with Crippen LogP contribution in [0.5, 0.6) is 0 Å². The van der Waals surface area contributed by atoms with Gasteiger partial charge in [-0.05, 0) is 13.8 Å². The highest BCUT2D eigenvalue weighted by Crippen LogP contribution is 2.51. The summed E-state index contributed by atoms with van der Waals surface area (Å²) in [6.07, 6.45) is 0. The monoisotopic (exact) mass is 267 g/mol. The summed E-state index contributed by atoms with van der Waals surface area (Å²) in [5, 5.41) is 4.36. The Bertz CT molecular complexity index is 312. The standard InChI is InChI=1S/C8H18N3O5P/c1-4-15-17(14,16-5-2)7(6(9)12)11-8(13)10-3/h7H,4-5H2,1-3H3,(H2,9,12)(H2,10,11,13)/t7-/m0/s1.